The molecule has 0 bridgehead atoms. The average molecular weight is 239 g/mol. The van der Waals surface area contributed by atoms with Gasteiger partial charge in [-0.05, 0) is 32.9 Å². The molecule has 4 nitrogen and oxygen atoms in total. The second kappa shape index (κ2) is 6.47. The van der Waals surface area contributed by atoms with Crippen LogP contribution in [-0.2, 0) is 4.74 Å². The van der Waals surface area contributed by atoms with Gasteiger partial charge in [0, 0.05) is 12.6 Å². The molecule has 0 spiro atoms. The van der Waals surface area contributed by atoms with Crippen molar-refractivity contribution in [2.75, 3.05) is 13.2 Å². The zero-order valence-corrected chi connectivity index (χ0v) is 10.6. The van der Waals surface area contributed by atoms with Gasteiger partial charge in [-0.1, -0.05) is 6.07 Å². The summed E-state index contributed by atoms with van der Waals surface area (Å²) in [4.78, 5) is 0. The second-order valence-electron chi connectivity index (χ2n) is 4.31. The number of hydrogen-bond acceptors (Lipinski definition) is 4. The fraction of sp³-hybridized carbons (Fsp3) is 0.538. The van der Waals surface area contributed by atoms with Crippen LogP contribution in [0.4, 0.5) is 0 Å². The Morgan fingerprint density at radius 1 is 1.18 bits per heavy atom. The molecule has 0 radical (unpaired) electrons. The average Bonchev–Trinajstić information content (AvgIpc) is 2.24. The molecule has 0 amide bonds. The van der Waals surface area contributed by atoms with E-state index in [4.69, 9.17) is 4.74 Å². The summed E-state index contributed by atoms with van der Waals surface area (Å²) in [5.74, 6) is 0.213. The summed E-state index contributed by atoms with van der Waals surface area (Å²) in [7, 11) is 0. The highest BCUT2D eigenvalue weighted by Gasteiger charge is 2.13. The van der Waals surface area contributed by atoms with Gasteiger partial charge >= 0.3 is 0 Å². The number of aromatic hydroxyl groups is 2. The van der Waals surface area contributed by atoms with E-state index in [0.29, 0.717) is 18.7 Å². The van der Waals surface area contributed by atoms with Crippen molar-refractivity contribution in [1.82, 2.24) is 5.32 Å². The van der Waals surface area contributed by atoms with Crippen LogP contribution in [0.1, 0.15) is 32.4 Å². The highest BCUT2D eigenvalue weighted by atomic mass is 16.5. The Morgan fingerprint density at radius 3 is 2.29 bits per heavy atom. The second-order valence-corrected chi connectivity index (χ2v) is 4.31. The van der Waals surface area contributed by atoms with Crippen molar-refractivity contribution < 1.29 is 14.9 Å². The summed E-state index contributed by atoms with van der Waals surface area (Å²) in [6, 6.07) is 4.63. The van der Waals surface area contributed by atoms with E-state index in [1.54, 1.807) is 18.2 Å². The summed E-state index contributed by atoms with van der Waals surface area (Å²) in [5, 5.41) is 22.5. The lowest BCUT2D eigenvalue weighted by molar-refractivity contribution is 0.0795. The standard InChI is InChI=1S/C13H21NO3/c1-9(2)17-8-7-14-10(3)13-11(15)5-4-6-12(13)16/h4-6,9-10,14-16H,7-8H2,1-3H3. The van der Waals surface area contributed by atoms with E-state index < -0.39 is 0 Å². The van der Waals surface area contributed by atoms with Gasteiger partial charge in [0.2, 0.25) is 0 Å². The first-order chi connectivity index (χ1) is 8.02. The molecule has 1 rings (SSSR count). The number of phenolic OH excluding ortho intramolecular Hbond substituents is 2. The normalized spacial score (nSPS) is 12.9. The molecule has 0 aliphatic carbocycles. The Hall–Kier alpha value is -1.26. The lowest BCUT2D eigenvalue weighted by atomic mass is 10.1. The lowest BCUT2D eigenvalue weighted by Crippen LogP contribution is -2.24. The van der Waals surface area contributed by atoms with Crippen LogP contribution in [0.5, 0.6) is 11.5 Å². The van der Waals surface area contributed by atoms with E-state index in [0.717, 1.165) is 0 Å². The molecule has 0 saturated carbocycles. The van der Waals surface area contributed by atoms with Crippen LogP contribution in [0.3, 0.4) is 0 Å². The van der Waals surface area contributed by atoms with Crippen molar-refractivity contribution in [2.24, 2.45) is 0 Å². The molecular weight excluding hydrogens is 218 g/mol. The maximum absolute atomic E-state index is 9.68. The van der Waals surface area contributed by atoms with Crippen molar-refractivity contribution >= 4 is 0 Å². The molecule has 96 valence electrons. The Bertz CT molecular complexity index is 332. The topological polar surface area (TPSA) is 61.7 Å². The van der Waals surface area contributed by atoms with Gasteiger partial charge in [0.05, 0.1) is 18.3 Å². The highest BCUT2D eigenvalue weighted by molar-refractivity contribution is 5.44. The van der Waals surface area contributed by atoms with E-state index in [9.17, 15) is 10.2 Å². The molecule has 3 N–H and O–H groups in total. The number of hydrogen-bond donors (Lipinski definition) is 3. The molecule has 1 aromatic rings. The van der Waals surface area contributed by atoms with Gasteiger partial charge in [-0.2, -0.15) is 0 Å². The van der Waals surface area contributed by atoms with Crippen molar-refractivity contribution in [1.29, 1.82) is 0 Å². The minimum absolute atomic E-state index is 0.106. The third kappa shape index (κ3) is 4.24. The van der Waals surface area contributed by atoms with Crippen LogP contribution < -0.4 is 5.32 Å². The van der Waals surface area contributed by atoms with Crippen LogP contribution in [0.2, 0.25) is 0 Å². The van der Waals surface area contributed by atoms with Gasteiger partial charge in [0.1, 0.15) is 11.5 Å². The maximum Gasteiger partial charge on any atom is 0.124 e. The monoisotopic (exact) mass is 239 g/mol. The zero-order valence-electron chi connectivity index (χ0n) is 10.6. The van der Waals surface area contributed by atoms with Crippen molar-refractivity contribution in [2.45, 2.75) is 32.9 Å². The molecule has 4 heteroatoms. The Kier molecular flexibility index (Phi) is 5.25. The van der Waals surface area contributed by atoms with Crippen LogP contribution >= 0.6 is 0 Å². The molecule has 0 heterocycles. The fourth-order valence-corrected chi connectivity index (χ4v) is 1.66. The SMILES string of the molecule is CC(C)OCCNC(C)c1c(O)cccc1O. The third-order valence-electron chi connectivity index (χ3n) is 2.50. The van der Waals surface area contributed by atoms with E-state index in [1.165, 1.54) is 0 Å². The molecule has 17 heavy (non-hydrogen) atoms. The Labute approximate surface area is 102 Å². The molecule has 0 fully saturated rings. The first-order valence-corrected chi connectivity index (χ1v) is 5.88. The third-order valence-corrected chi connectivity index (χ3v) is 2.50. The largest absolute Gasteiger partial charge is 0.507 e. The summed E-state index contributed by atoms with van der Waals surface area (Å²) in [6.07, 6.45) is 0.214. The van der Waals surface area contributed by atoms with E-state index >= 15 is 0 Å². The first-order valence-electron chi connectivity index (χ1n) is 5.88. The molecule has 0 aliphatic rings. The Morgan fingerprint density at radius 2 is 1.76 bits per heavy atom. The Balaban J connectivity index is 2.49. The quantitative estimate of drug-likeness (QED) is 0.666. The van der Waals surface area contributed by atoms with Crippen molar-refractivity contribution in [3.05, 3.63) is 23.8 Å². The maximum atomic E-state index is 9.68. The number of phenols is 2. The van der Waals surface area contributed by atoms with E-state index in [-0.39, 0.29) is 23.6 Å². The minimum atomic E-state index is -0.119. The van der Waals surface area contributed by atoms with Crippen LogP contribution in [0.25, 0.3) is 0 Å². The van der Waals surface area contributed by atoms with Gasteiger partial charge in [-0.15, -0.1) is 0 Å². The molecule has 1 aromatic carbocycles. The van der Waals surface area contributed by atoms with Crippen LogP contribution in [0, 0.1) is 0 Å². The molecule has 1 atom stereocenters. The summed E-state index contributed by atoms with van der Waals surface area (Å²) >= 11 is 0. The highest BCUT2D eigenvalue weighted by Crippen LogP contribution is 2.31. The van der Waals surface area contributed by atoms with Gasteiger partial charge < -0.3 is 20.3 Å². The molecule has 0 aromatic heterocycles. The zero-order chi connectivity index (χ0) is 12.8. The molecule has 0 aliphatic heterocycles. The minimum Gasteiger partial charge on any atom is -0.507 e. The molecule has 0 saturated heterocycles. The van der Waals surface area contributed by atoms with Crippen molar-refractivity contribution in [3.8, 4) is 11.5 Å². The predicted octanol–water partition coefficient (Wildman–Crippen LogP) is 2.17. The van der Waals surface area contributed by atoms with Crippen LogP contribution in [-0.4, -0.2) is 29.5 Å². The number of ether oxygens (including phenoxy) is 1. The van der Waals surface area contributed by atoms with E-state index in [1.807, 2.05) is 20.8 Å². The summed E-state index contributed by atoms with van der Waals surface area (Å²) in [6.45, 7) is 7.14. The number of nitrogens with one attached hydrogen (secondary N) is 1. The molecular formula is C13H21NO3. The molecule has 1 unspecified atom stereocenters. The predicted molar refractivity (Wildman–Crippen MR) is 67.3 cm³/mol. The lowest BCUT2D eigenvalue weighted by Gasteiger charge is -2.17. The summed E-state index contributed by atoms with van der Waals surface area (Å²) < 4.78 is 5.40. The number of rotatable bonds is 6. The smallest absolute Gasteiger partial charge is 0.124 e. The van der Waals surface area contributed by atoms with Crippen molar-refractivity contribution in [3.63, 3.8) is 0 Å². The van der Waals surface area contributed by atoms with Gasteiger partial charge in [0.15, 0.2) is 0 Å². The number of benzene rings is 1. The fourth-order valence-electron chi connectivity index (χ4n) is 1.66. The van der Waals surface area contributed by atoms with Gasteiger partial charge in [-0.3, -0.25) is 0 Å². The van der Waals surface area contributed by atoms with E-state index in [2.05, 4.69) is 5.32 Å². The van der Waals surface area contributed by atoms with Gasteiger partial charge in [0.25, 0.3) is 0 Å². The first kappa shape index (κ1) is 13.8. The van der Waals surface area contributed by atoms with Gasteiger partial charge in [-0.25, -0.2) is 0 Å². The van der Waals surface area contributed by atoms with Crippen LogP contribution in [0.15, 0.2) is 18.2 Å². The summed E-state index contributed by atoms with van der Waals surface area (Å²) in [5.41, 5.74) is 0.525.